The fraction of sp³-hybridized carbons (Fsp3) is 0.464. The molecule has 0 spiro atoms. The summed E-state index contributed by atoms with van der Waals surface area (Å²) in [5.41, 5.74) is 24.4. The number of aromatic hydroxyl groups is 1. The van der Waals surface area contributed by atoms with Crippen LogP contribution in [0.25, 0.3) is 0 Å². The van der Waals surface area contributed by atoms with Gasteiger partial charge in [-0.25, -0.2) is 0 Å². The number of amides is 6. The zero-order valence-corrected chi connectivity index (χ0v) is 42.0. The van der Waals surface area contributed by atoms with E-state index in [1.165, 1.54) is 15.4 Å². The van der Waals surface area contributed by atoms with Crippen molar-refractivity contribution in [3.05, 3.63) is 136 Å². The summed E-state index contributed by atoms with van der Waals surface area (Å²) in [6.07, 6.45) is 5.74. The van der Waals surface area contributed by atoms with Crippen LogP contribution in [0.2, 0.25) is 0 Å². The van der Waals surface area contributed by atoms with E-state index in [2.05, 4.69) is 45.1 Å². The molecule has 4 aromatic carbocycles. The lowest BCUT2D eigenvalue weighted by atomic mass is 9.90. The van der Waals surface area contributed by atoms with E-state index >= 15 is 0 Å². The summed E-state index contributed by atoms with van der Waals surface area (Å²) in [4.78, 5) is 88.1. The van der Waals surface area contributed by atoms with Crippen molar-refractivity contribution in [2.24, 2.45) is 23.1 Å². The summed E-state index contributed by atoms with van der Waals surface area (Å²) in [6, 6.07) is 26.6. The molecule has 16 heteroatoms. The Labute approximate surface area is 424 Å². The number of benzene rings is 4. The van der Waals surface area contributed by atoms with E-state index in [-0.39, 0.29) is 57.6 Å². The smallest absolute Gasteiger partial charge is 0.245 e. The van der Waals surface area contributed by atoms with Gasteiger partial charge in [0.05, 0.1) is 12.6 Å². The van der Waals surface area contributed by atoms with Gasteiger partial charge in [0.2, 0.25) is 35.4 Å². The highest BCUT2D eigenvalue weighted by molar-refractivity contribution is 5.93. The molecule has 4 aromatic rings. The van der Waals surface area contributed by atoms with Crippen LogP contribution in [-0.2, 0) is 61.0 Å². The summed E-state index contributed by atoms with van der Waals surface area (Å²) in [6.45, 7) is 6.79. The van der Waals surface area contributed by atoms with Gasteiger partial charge in [0, 0.05) is 38.9 Å². The maximum absolute atomic E-state index is 14.4. The standard InChI is InChI=1S/C56H75N9O7/c1-38-30-45(66)31-39(2)46(38)35-47(58)55(71)64(26-12-11-24-57)37-52(68)61-50-34-43-18-9-10-19-44(43)36-65(56(50)72)29-23-51(67)60-48(54(70)62-49(53(59)69)33-41-16-7-4-8-17-41)20-13-25-63-27-21-42(22-28-63)32-40-14-5-3-6-15-40/h3-10,14-19,30-31,42,47-50,66H,11-13,20-29,32-37,57-58H2,1-2H3,(H2,59,69)(H,60,67)(H,61,68)(H,62,70)/t47-,48-,49-,50-/m0/s1. The number of nitrogens with zero attached hydrogens (tertiary/aromatic N) is 3. The minimum absolute atomic E-state index is 0.00972. The van der Waals surface area contributed by atoms with Crippen LogP contribution in [0.1, 0.15) is 83.9 Å². The molecule has 2 heterocycles. The number of nitrogens with two attached hydrogens (primary N) is 3. The number of primary amides is 1. The van der Waals surface area contributed by atoms with Gasteiger partial charge < -0.3 is 53.0 Å². The maximum atomic E-state index is 14.4. The Morgan fingerprint density at radius 3 is 2.07 bits per heavy atom. The fourth-order valence-electron chi connectivity index (χ4n) is 9.98. The van der Waals surface area contributed by atoms with E-state index in [1.54, 1.807) is 12.1 Å². The van der Waals surface area contributed by atoms with Crippen molar-refractivity contribution in [3.8, 4) is 5.75 Å². The molecule has 10 N–H and O–H groups in total. The first-order chi connectivity index (χ1) is 34.7. The molecule has 2 aliphatic heterocycles. The second-order valence-electron chi connectivity index (χ2n) is 19.6. The van der Waals surface area contributed by atoms with Gasteiger partial charge in [-0.2, -0.15) is 0 Å². The number of fused-ring (bicyclic) bond motifs is 1. The van der Waals surface area contributed by atoms with Crippen LogP contribution in [0.5, 0.6) is 5.75 Å². The lowest BCUT2D eigenvalue weighted by Crippen LogP contribution is -2.54. The lowest BCUT2D eigenvalue weighted by Gasteiger charge is -2.32. The van der Waals surface area contributed by atoms with Crippen molar-refractivity contribution in [1.29, 1.82) is 0 Å². The van der Waals surface area contributed by atoms with E-state index in [4.69, 9.17) is 17.2 Å². The predicted octanol–water partition coefficient (Wildman–Crippen LogP) is 3.34. The number of unbranched alkanes of at least 4 members (excludes halogenated alkanes) is 1. The van der Waals surface area contributed by atoms with E-state index in [1.807, 2.05) is 74.5 Å². The lowest BCUT2D eigenvalue weighted by molar-refractivity contribution is -0.140. The number of carbonyl (C=O) groups excluding carboxylic acids is 6. The van der Waals surface area contributed by atoms with E-state index < -0.39 is 59.6 Å². The van der Waals surface area contributed by atoms with Crippen molar-refractivity contribution in [2.45, 2.75) is 115 Å². The van der Waals surface area contributed by atoms with Gasteiger partial charge in [0.1, 0.15) is 23.9 Å². The van der Waals surface area contributed by atoms with Gasteiger partial charge in [-0.05, 0) is 148 Å². The number of hydrogen-bond donors (Lipinski definition) is 7. The zero-order chi connectivity index (χ0) is 51.6. The van der Waals surface area contributed by atoms with Crippen molar-refractivity contribution >= 4 is 35.4 Å². The monoisotopic (exact) mass is 986 g/mol. The topological polar surface area (TPSA) is 247 Å². The molecular weight excluding hydrogens is 911 g/mol. The highest BCUT2D eigenvalue weighted by Crippen LogP contribution is 2.25. The molecule has 0 bridgehead atoms. The second kappa shape index (κ2) is 27.3. The minimum Gasteiger partial charge on any atom is -0.508 e. The van der Waals surface area contributed by atoms with E-state index in [0.717, 1.165) is 72.3 Å². The normalized spacial score (nSPS) is 16.4. The maximum Gasteiger partial charge on any atom is 0.245 e. The number of likely N-dealkylation sites (tertiary alicyclic amines) is 1. The molecule has 1 saturated heterocycles. The average Bonchev–Trinajstić information content (AvgIpc) is 3.49. The average molecular weight is 986 g/mol. The Hall–Kier alpha value is -6.62. The summed E-state index contributed by atoms with van der Waals surface area (Å²) >= 11 is 0. The molecule has 0 aromatic heterocycles. The van der Waals surface area contributed by atoms with Crippen molar-refractivity contribution < 1.29 is 33.9 Å². The third-order valence-electron chi connectivity index (χ3n) is 14.0. The zero-order valence-electron chi connectivity index (χ0n) is 42.0. The molecular formula is C56H75N9O7. The summed E-state index contributed by atoms with van der Waals surface area (Å²) in [5.74, 6) is -2.30. The Kier molecular flexibility index (Phi) is 20.7. The van der Waals surface area contributed by atoms with Crippen molar-refractivity contribution in [2.75, 3.05) is 45.8 Å². The first-order valence-electron chi connectivity index (χ1n) is 25.5. The molecule has 0 saturated carbocycles. The fourth-order valence-corrected chi connectivity index (χ4v) is 9.98. The number of phenols is 1. The van der Waals surface area contributed by atoms with E-state index in [0.29, 0.717) is 38.1 Å². The number of hydrogen-bond acceptors (Lipinski definition) is 10. The molecule has 0 radical (unpaired) electrons. The van der Waals surface area contributed by atoms with Crippen LogP contribution in [0.4, 0.5) is 0 Å². The minimum atomic E-state index is -1.00. The number of piperidine rings is 1. The number of phenolic OH excluding ortho intramolecular Hbond substituents is 1. The van der Waals surface area contributed by atoms with Gasteiger partial charge >= 0.3 is 0 Å². The second-order valence-corrected chi connectivity index (χ2v) is 19.6. The van der Waals surface area contributed by atoms with Crippen molar-refractivity contribution in [3.63, 3.8) is 0 Å². The number of aryl methyl sites for hydroxylation is 2. The van der Waals surface area contributed by atoms with Crippen LogP contribution in [0, 0.1) is 19.8 Å². The molecule has 1 fully saturated rings. The highest BCUT2D eigenvalue weighted by Gasteiger charge is 2.33. The van der Waals surface area contributed by atoms with Crippen LogP contribution in [0.15, 0.2) is 97.1 Å². The van der Waals surface area contributed by atoms with E-state index in [9.17, 15) is 33.9 Å². The van der Waals surface area contributed by atoms with Gasteiger partial charge in [-0.1, -0.05) is 84.9 Å². The molecule has 4 atom stereocenters. The predicted molar refractivity (Wildman–Crippen MR) is 278 cm³/mol. The number of nitrogens with one attached hydrogen (secondary N) is 3. The van der Waals surface area contributed by atoms with Crippen LogP contribution in [0.3, 0.4) is 0 Å². The van der Waals surface area contributed by atoms with Crippen LogP contribution < -0.4 is 33.2 Å². The number of carbonyl (C=O) groups is 6. The third-order valence-corrected chi connectivity index (χ3v) is 14.0. The molecule has 6 amide bonds. The molecule has 0 unspecified atom stereocenters. The largest absolute Gasteiger partial charge is 0.508 e. The Morgan fingerprint density at radius 1 is 0.778 bits per heavy atom. The summed E-state index contributed by atoms with van der Waals surface area (Å²) < 4.78 is 0. The Morgan fingerprint density at radius 2 is 1.42 bits per heavy atom. The SMILES string of the molecule is Cc1cc(O)cc(C)c1C[C@H](N)C(=O)N(CCCCN)CC(=O)N[C@H]1Cc2ccccc2CN(CCC(=O)N[C@@H](CCCN2CCC(Cc3ccccc3)CC2)C(=O)N[C@@H](Cc2ccccc2)C(N)=O)C1=O. The highest BCUT2D eigenvalue weighted by atomic mass is 16.3. The van der Waals surface area contributed by atoms with Crippen molar-refractivity contribution in [1.82, 2.24) is 30.7 Å². The number of rotatable bonds is 25. The Balaban J connectivity index is 1.10. The van der Waals surface area contributed by atoms with Crippen LogP contribution in [-0.4, -0.2) is 125 Å². The summed E-state index contributed by atoms with van der Waals surface area (Å²) in [5, 5.41) is 18.7. The van der Waals surface area contributed by atoms with Gasteiger partial charge in [-0.15, -0.1) is 0 Å². The molecule has 386 valence electrons. The molecule has 6 rings (SSSR count). The van der Waals surface area contributed by atoms with Gasteiger partial charge in [0.15, 0.2) is 0 Å². The first kappa shape index (κ1) is 54.7. The summed E-state index contributed by atoms with van der Waals surface area (Å²) in [7, 11) is 0. The molecule has 0 aliphatic carbocycles. The molecule has 16 nitrogen and oxygen atoms in total. The van der Waals surface area contributed by atoms with Crippen LogP contribution >= 0.6 is 0 Å². The quantitative estimate of drug-likeness (QED) is 0.0478. The molecule has 72 heavy (non-hydrogen) atoms. The Bertz CT molecular complexity index is 2420. The van der Waals surface area contributed by atoms with Gasteiger partial charge in [-0.3, -0.25) is 28.8 Å². The first-order valence-corrected chi connectivity index (χ1v) is 25.5. The molecule has 2 aliphatic rings. The van der Waals surface area contributed by atoms with Gasteiger partial charge in [0.25, 0.3) is 0 Å². The third kappa shape index (κ3) is 16.5.